The summed E-state index contributed by atoms with van der Waals surface area (Å²) in [6.07, 6.45) is 0.688. The first kappa shape index (κ1) is 17.7. The van der Waals surface area contributed by atoms with Crippen molar-refractivity contribution < 1.29 is 14.3 Å². The maximum atomic E-state index is 12.1. The van der Waals surface area contributed by atoms with E-state index in [0.717, 1.165) is 21.3 Å². The number of ether oxygens (including phenoxy) is 1. The van der Waals surface area contributed by atoms with Gasteiger partial charge in [-0.3, -0.25) is 9.59 Å². The number of hydrogen-bond acceptors (Lipinski definition) is 3. The minimum atomic E-state index is -0.287. The second-order valence-electron chi connectivity index (χ2n) is 5.08. The van der Waals surface area contributed by atoms with Gasteiger partial charge in [-0.1, -0.05) is 28.1 Å². The Kier molecular flexibility index (Phi) is 5.96. The predicted octanol–water partition coefficient (Wildman–Crippen LogP) is 4.66. The van der Waals surface area contributed by atoms with E-state index in [1.165, 1.54) is 0 Å². The molecule has 0 aliphatic heterocycles. The minimum Gasteiger partial charge on any atom is -0.482 e. The molecule has 1 amide bonds. The zero-order valence-corrected chi connectivity index (χ0v) is 15.8. The van der Waals surface area contributed by atoms with Crippen LogP contribution in [0.5, 0.6) is 5.75 Å². The van der Waals surface area contributed by atoms with Crippen LogP contribution >= 0.6 is 31.9 Å². The first-order valence-electron chi connectivity index (χ1n) is 6.85. The van der Waals surface area contributed by atoms with Crippen LogP contribution in [0.3, 0.4) is 0 Å². The molecule has 23 heavy (non-hydrogen) atoms. The Morgan fingerprint density at radius 1 is 1.22 bits per heavy atom. The Bertz CT molecular complexity index is 760. The van der Waals surface area contributed by atoms with Crippen LogP contribution < -0.4 is 10.1 Å². The van der Waals surface area contributed by atoms with Gasteiger partial charge in [0.2, 0.25) is 0 Å². The Hall–Kier alpha value is -1.66. The number of hydrogen-bond donors (Lipinski definition) is 1. The summed E-state index contributed by atoms with van der Waals surface area (Å²) in [6, 6.07) is 9.22. The van der Waals surface area contributed by atoms with Crippen molar-refractivity contribution in [3.05, 3.63) is 56.0 Å². The van der Waals surface area contributed by atoms with E-state index in [1.807, 2.05) is 32.0 Å². The highest BCUT2D eigenvalue weighted by Gasteiger charge is 2.12. The summed E-state index contributed by atoms with van der Waals surface area (Å²) in [5, 5.41) is 2.81. The zero-order valence-electron chi connectivity index (χ0n) is 12.7. The van der Waals surface area contributed by atoms with E-state index in [4.69, 9.17) is 4.74 Å². The van der Waals surface area contributed by atoms with Crippen molar-refractivity contribution in [1.29, 1.82) is 0 Å². The SMILES string of the molecule is Cc1ccc(C)c(NC(=O)COc2c(Br)cc(Br)cc2C=O)c1. The number of rotatable bonds is 5. The summed E-state index contributed by atoms with van der Waals surface area (Å²) in [5.41, 5.74) is 3.16. The number of amides is 1. The number of carbonyl (C=O) groups excluding carboxylic acids is 2. The Morgan fingerprint density at radius 2 is 1.96 bits per heavy atom. The van der Waals surface area contributed by atoms with E-state index in [9.17, 15) is 9.59 Å². The van der Waals surface area contributed by atoms with Crippen LogP contribution in [0.15, 0.2) is 39.3 Å². The van der Waals surface area contributed by atoms with E-state index >= 15 is 0 Å². The number of halogens is 2. The third kappa shape index (κ3) is 4.65. The van der Waals surface area contributed by atoms with Crippen molar-refractivity contribution in [2.24, 2.45) is 0 Å². The summed E-state index contributed by atoms with van der Waals surface area (Å²) in [5.74, 6) is 0.0599. The quantitative estimate of drug-likeness (QED) is 0.688. The number of nitrogens with one attached hydrogen (secondary N) is 1. The lowest BCUT2D eigenvalue weighted by Crippen LogP contribution is -2.21. The molecule has 0 unspecified atom stereocenters. The average Bonchev–Trinajstić information content (AvgIpc) is 2.49. The lowest BCUT2D eigenvalue weighted by Gasteiger charge is -2.12. The lowest BCUT2D eigenvalue weighted by atomic mass is 10.1. The fraction of sp³-hybridized carbons (Fsp3) is 0.176. The lowest BCUT2D eigenvalue weighted by molar-refractivity contribution is -0.118. The number of benzene rings is 2. The maximum absolute atomic E-state index is 12.1. The van der Waals surface area contributed by atoms with Gasteiger partial charge in [0, 0.05) is 10.2 Å². The topological polar surface area (TPSA) is 55.4 Å². The van der Waals surface area contributed by atoms with Crippen LogP contribution in [0.4, 0.5) is 5.69 Å². The Balaban J connectivity index is 2.08. The van der Waals surface area contributed by atoms with Crippen molar-refractivity contribution >= 4 is 49.7 Å². The van der Waals surface area contributed by atoms with Crippen LogP contribution in [0, 0.1) is 13.8 Å². The van der Waals surface area contributed by atoms with Crippen LogP contribution in [0.25, 0.3) is 0 Å². The Morgan fingerprint density at radius 3 is 2.65 bits per heavy atom. The molecule has 0 atom stereocenters. The van der Waals surface area contributed by atoms with Gasteiger partial charge in [-0.15, -0.1) is 0 Å². The second-order valence-corrected chi connectivity index (χ2v) is 6.85. The first-order valence-corrected chi connectivity index (χ1v) is 8.43. The van der Waals surface area contributed by atoms with Crippen molar-refractivity contribution in [2.45, 2.75) is 13.8 Å². The van der Waals surface area contributed by atoms with Gasteiger partial charge in [-0.2, -0.15) is 0 Å². The zero-order chi connectivity index (χ0) is 17.0. The smallest absolute Gasteiger partial charge is 0.262 e. The van der Waals surface area contributed by atoms with Crippen LogP contribution in [0.2, 0.25) is 0 Å². The Labute approximate surface area is 151 Å². The molecule has 6 heteroatoms. The highest BCUT2D eigenvalue weighted by Crippen LogP contribution is 2.32. The van der Waals surface area contributed by atoms with Gasteiger partial charge >= 0.3 is 0 Å². The molecule has 0 spiro atoms. The number of aryl methyl sites for hydroxylation is 2. The molecular weight excluding hydrogens is 426 g/mol. The molecule has 0 aliphatic rings. The van der Waals surface area contributed by atoms with Crippen LogP contribution in [-0.2, 0) is 4.79 Å². The fourth-order valence-electron chi connectivity index (χ4n) is 2.01. The standard InChI is InChI=1S/C17H15Br2NO3/c1-10-3-4-11(2)15(5-10)20-16(22)9-23-17-12(8-21)6-13(18)7-14(17)19/h3-8H,9H2,1-2H3,(H,20,22). The van der Waals surface area contributed by atoms with Gasteiger partial charge in [-0.25, -0.2) is 0 Å². The van der Waals surface area contributed by atoms with Crippen molar-refractivity contribution in [3.63, 3.8) is 0 Å². The van der Waals surface area contributed by atoms with Crippen molar-refractivity contribution in [3.8, 4) is 5.75 Å². The van der Waals surface area contributed by atoms with Gasteiger partial charge in [-0.05, 0) is 59.1 Å². The third-order valence-electron chi connectivity index (χ3n) is 3.18. The molecule has 2 rings (SSSR count). The molecule has 4 nitrogen and oxygen atoms in total. The van der Waals surface area contributed by atoms with Crippen molar-refractivity contribution in [1.82, 2.24) is 0 Å². The molecule has 0 heterocycles. The molecular formula is C17H15Br2NO3. The first-order chi connectivity index (χ1) is 10.9. The maximum Gasteiger partial charge on any atom is 0.262 e. The van der Waals surface area contributed by atoms with E-state index in [2.05, 4.69) is 37.2 Å². The highest BCUT2D eigenvalue weighted by molar-refractivity contribution is 9.11. The molecule has 1 N–H and O–H groups in total. The molecule has 120 valence electrons. The van der Waals surface area contributed by atoms with E-state index in [-0.39, 0.29) is 12.5 Å². The van der Waals surface area contributed by atoms with E-state index < -0.39 is 0 Å². The van der Waals surface area contributed by atoms with E-state index in [1.54, 1.807) is 12.1 Å². The summed E-state index contributed by atoms with van der Waals surface area (Å²) >= 11 is 6.63. The molecule has 0 aliphatic carbocycles. The number of anilines is 1. The van der Waals surface area contributed by atoms with Gasteiger partial charge < -0.3 is 10.1 Å². The summed E-state index contributed by atoms with van der Waals surface area (Å²) < 4.78 is 6.86. The molecule has 0 saturated carbocycles. The predicted molar refractivity (Wildman–Crippen MR) is 97.3 cm³/mol. The molecule has 0 fully saturated rings. The number of carbonyl (C=O) groups is 2. The molecule has 0 bridgehead atoms. The second kappa shape index (κ2) is 7.75. The summed E-state index contributed by atoms with van der Waals surface area (Å²) in [6.45, 7) is 3.70. The molecule has 2 aromatic rings. The van der Waals surface area contributed by atoms with Gasteiger partial charge in [0.1, 0.15) is 5.75 Å². The third-order valence-corrected chi connectivity index (χ3v) is 4.23. The molecule has 0 radical (unpaired) electrons. The molecule has 0 aromatic heterocycles. The summed E-state index contributed by atoms with van der Waals surface area (Å²) in [7, 11) is 0. The van der Waals surface area contributed by atoms with Crippen LogP contribution in [-0.4, -0.2) is 18.8 Å². The number of aldehydes is 1. The fourth-order valence-corrected chi connectivity index (χ4v) is 3.39. The van der Waals surface area contributed by atoms with Crippen molar-refractivity contribution in [2.75, 3.05) is 11.9 Å². The largest absolute Gasteiger partial charge is 0.482 e. The highest BCUT2D eigenvalue weighted by atomic mass is 79.9. The average molecular weight is 441 g/mol. The van der Waals surface area contributed by atoms with Gasteiger partial charge in [0.05, 0.1) is 10.0 Å². The normalized spacial score (nSPS) is 10.3. The monoisotopic (exact) mass is 439 g/mol. The van der Waals surface area contributed by atoms with Gasteiger partial charge in [0.15, 0.2) is 12.9 Å². The summed E-state index contributed by atoms with van der Waals surface area (Å²) in [4.78, 5) is 23.2. The van der Waals surface area contributed by atoms with Gasteiger partial charge in [0.25, 0.3) is 5.91 Å². The minimum absolute atomic E-state index is 0.186. The van der Waals surface area contributed by atoms with Crippen LogP contribution in [0.1, 0.15) is 21.5 Å². The molecule has 2 aromatic carbocycles. The molecule has 0 saturated heterocycles. The van der Waals surface area contributed by atoms with E-state index in [0.29, 0.717) is 22.1 Å².